The summed E-state index contributed by atoms with van der Waals surface area (Å²) in [7, 11) is 0. The lowest BCUT2D eigenvalue weighted by molar-refractivity contribution is -0.152. The van der Waals surface area contributed by atoms with E-state index in [0.29, 0.717) is 5.75 Å². The topological polar surface area (TPSA) is 59.7 Å². The van der Waals surface area contributed by atoms with Gasteiger partial charge in [0.15, 0.2) is 5.60 Å². The smallest absolute Gasteiger partial charge is 0.347 e. The molecule has 0 saturated heterocycles. The summed E-state index contributed by atoms with van der Waals surface area (Å²) in [5, 5.41) is 11.2. The summed E-state index contributed by atoms with van der Waals surface area (Å²) in [6, 6.07) is 15.1. The molecule has 1 heterocycles. The van der Waals surface area contributed by atoms with Gasteiger partial charge in [0.2, 0.25) is 0 Å². The standard InChI is InChI=1S/C18H16O4/c1-18(2,17(19)20)22-14-9-7-12(8-10-14)16-15-6-4-3-5-13(15)11-21-16/h3-11H,1-2H3,(H,19,20). The Balaban J connectivity index is 1.90. The molecule has 3 aromatic rings. The van der Waals surface area contributed by atoms with Gasteiger partial charge < -0.3 is 14.3 Å². The van der Waals surface area contributed by atoms with Crippen LogP contribution in [-0.2, 0) is 4.79 Å². The van der Waals surface area contributed by atoms with Gasteiger partial charge in [-0.2, -0.15) is 0 Å². The molecule has 0 saturated carbocycles. The summed E-state index contributed by atoms with van der Waals surface area (Å²) in [5.41, 5.74) is -0.347. The van der Waals surface area contributed by atoms with Gasteiger partial charge in [-0.25, -0.2) is 4.79 Å². The molecule has 0 radical (unpaired) electrons. The summed E-state index contributed by atoms with van der Waals surface area (Å²) in [6.45, 7) is 3.03. The zero-order chi connectivity index (χ0) is 15.7. The van der Waals surface area contributed by atoms with Crippen LogP contribution in [0.2, 0.25) is 0 Å². The van der Waals surface area contributed by atoms with Gasteiger partial charge >= 0.3 is 5.97 Å². The van der Waals surface area contributed by atoms with Crippen LogP contribution >= 0.6 is 0 Å². The predicted octanol–water partition coefficient (Wildman–Crippen LogP) is 4.34. The largest absolute Gasteiger partial charge is 0.478 e. The Bertz CT molecular complexity index is 812. The number of carboxylic acid groups (broad SMARTS) is 1. The molecule has 4 nitrogen and oxygen atoms in total. The van der Waals surface area contributed by atoms with Gasteiger partial charge in [0.25, 0.3) is 0 Å². The molecular formula is C18H16O4. The quantitative estimate of drug-likeness (QED) is 0.778. The minimum Gasteiger partial charge on any atom is -0.478 e. The molecule has 22 heavy (non-hydrogen) atoms. The van der Waals surface area contributed by atoms with E-state index >= 15 is 0 Å². The van der Waals surface area contributed by atoms with E-state index < -0.39 is 11.6 Å². The highest BCUT2D eigenvalue weighted by Gasteiger charge is 2.29. The predicted molar refractivity (Wildman–Crippen MR) is 84.0 cm³/mol. The van der Waals surface area contributed by atoms with Crippen LogP contribution in [0.3, 0.4) is 0 Å². The first-order valence-electron chi connectivity index (χ1n) is 6.96. The molecule has 0 aliphatic heterocycles. The lowest BCUT2D eigenvalue weighted by atomic mass is 10.1. The Morgan fingerprint density at radius 1 is 1.09 bits per heavy atom. The number of benzene rings is 2. The fraction of sp³-hybridized carbons (Fsp3) is 0.167. The summed E-state index contributed by atoms with van der Waals surface area (Å²) in [6.07, 6.45) is 1.72. The Labute approximate surface area is 127 Å². The molecule has 0 aliphatic rings. The Morgan fingerprint density at radius 2 is 1.77 bits per heavy atom. The molecule has 1 aromatic heterocycles. The molecule has 2 aromatic carbocycles. The molecule has 3 rings (SSSR count). The van der Waals surface area contributed by atoms with Crippen molar-refractivity contribution in [3.8, 4) is 17.1 Å². The van der Waals surface area contributed by atoms with E-state index in [0.717, 1.165) is 22.1 Å². The zero-order valence-corrected chi connectivity index (χ0v) is 12.4. The van der Waals surface area contributed by atoms with E-state index in [9.17, 15) is 4.79 Å². The van der Waals surface area contributed by atoms with Gasteiger partial charge in [-0.1, -0.05) is 24.3 Å². The third-order valence-corrected chi connectivity index (χ3v) is 3.51. The maximum Gasteiger partial charge on any atom is 0.347 e. The van der Waals surface area contributed by atoms with Crippen LogP contribution in [0, 0.1) is 0 Å². The Morgan fingerprint density at radius 3 is 2.45 bits per heavy atom. The number of hydrogen-bond acceptors (Lipinski definition) is 3. The second-order valence-corrected chi connectivity index (χ2v) is 5.59. The van der Waals surface area contributed by atoms with Gasteiger partial charge in [-0.15, -0.1) is 0 Å². The van der Waals surface area contributed by atoms with E-state index in [2.05, 4.69) is 0 Å². The van der Waals surface area contributed by atoms with Crippen molar-refractivity contribution in [3.63, 3.8) is 0 Å². The van der Waals surface area contributed by atoms with Crippen molar-refractivity contribution in [2.45, 2.75) is 19.4 Å². The highest BCUT2D eigenvalue weighted by Crippen LogP contribution is 2.31. The number of carboxylic acids is 1. The summed E-state index contributed by atoms with van der Waals surface area (Å²) >= 11 is 0. The normalized spacial score (nSPS) is 11.5. The molecular weight excluding hydrogens is 280 g/mol. The second-order valence-electron chi connectivity index (χ2n) is 5.59. The van der Waals surface area contributed by atoms with Crippen LogP contribution in [0.25, 0.3) is 22.1 Å². The van der Waals surface area contributed by atoms with Gasteiger partial charge in [0.1, 0.15) is 11.5 Å². The third kappa shape index (κ3) is 2.55. The van der Waals surface area contributed by atoms with E-state index in [1.807, 2.05) is 36.4 Å². The number of furan rings is 1. The number of ether oxygens (including phenoxy) is 1. The van der Waals surface area contributed by atoms with Gasteiger partial charge in [0, 0.05) is 16.3 Å². The van der Waals surface area contributed by atoms with Crippen molar-refractivity contribution in [1.29, 1.82) is 0 Å². The molecule has 0 unspecified atom stereocenters. The summed E-state index contributed by atoms with van der Waals surface area (Å²) < 4.78 is 11.1. The van der Waals surface area contributed by atoms with Gasteiger partial charge in [-0.05, 0) is 38.1 Å². The average Bonchev–Trinajstić information content (AvgIpc) is 2.91. The molecule has 0 spiro atoms. The van der Waals surface area contributed by atoms with Crippen LogP contribution in [0.4, 0.5) is 0 Å². The third-order valence-electron chi connectivity index (χ3n) is 3.51. The van der Waals surface area contributed by atoms with Crippen LogP contribution in [0.1, 0.15) is 13.8 Å². The molecule has 1 N–H and O–H groups in total. The molecule has 0 amide bonds. The first kappa shape index (κ1) is 14.2. The second kappa shape index (κ2) is 5.22. The number of hydrogen-bond donors (Lipinski definition) is 1. The monoisotopic (exact) mass is 296 g/mol. The number of carbonyl (C=O) groups is 1. The van der Waals surface area contributed by atoms with Crippen LogP contribution in [-0.4, -0.2) is 16.7 Å². The SMILES string of the molecule is CC(C)(Oc1ccc(-c2occ3ccccc23)cc1)C(=O)O. The molecule has 0 bridgehead atoms. The van der Waals surface area contributed by atoms with Crippen molar-refractivity contribution in [3.05, 3.63) is 54.8 Å². The van der Waals surface area contributed by atoms with E-state index in [-0.39, 0.29) is 0 Å². The number of rotatable bonds is 4. The average molecular weight is 296 g/mol. The number of fused-ring (bicyclic) bond motifs is 1. The first-order chi connectivity index (χ1) is 10.5. The molecule has 0 fully saturated rings. The minimum absolute atomic E-state index is 0.506. The molecule has 112 valence electrons. The summed E-state index contributed by atoms with van der Waals surface area (Å²) in [4.78, 5) is 11.1. The van der Waals surface area contributed by atoms with Crippen molar-refractivity contribution in [2.24, 2.45) is 0 Å². The van der Waals surface area contributed by atoms with Crippen molar-refractivity contribution in [2.75, 3.05) is 0 Å². The minimum atomic E-state index is -1.26. The zero-order valence-electron chi connectivity index (χ0n) is 12.4. The molecule has 4 heteroatoms. The van der Waals surface area contributed by atoms with Crippen LogP contribution in [0.15, 0.2) is 59.2 Å². The highest BCUT2D eigenvalue weighted by atomic mass is 16.5. The fourth-order valence-electron chi connectivity index (χ4n) is 2.23. The molecule has 0 atom stereocenters. The maximum absolute atomic E-state index is 11.1. The molecule has 0 aliphatic carbocycles. The van der Waals surface area contributed by atoms with Gasteiger partial charge in [-0.3, -0.25) is 0 Å². The maximum atomic E-state index is 11.1. The Kier molecular flexibility index (Phi) is 3.37. The van der Waals surface area contributed by atoms with Crippen molar-refractivity contribution >= 4 is 16.7 Å². The van der Waals surface area contributed by atoms with Crippen molar-refractivity contribution < 1.29 is 19.1 Å². The first-order valence-corrected chi connectivity index (χ1v) is 6.96. The van der Waals surface area contributed by atoms with E-state index in [4.69, 9.17) is 14.3 Å². The van der Waals surface area contributed by atoms with E-state index in [1.54, 1.807) is 18.4 Å². The van der Waals surface area contributed by atoms with Gasteiger partial charge in [0.05, 0.1) is 6.26 Å². The Hall–Kier alpha value is -2.75. The summed E-state index contributed by atoms with van der Waals surface area (Å²) in [5.74, 6) is 0.292. The lowest BCUT2D eigenvalue weighted by Crippen LogP contribution is -2.37. The van der Waals surface area contributed by atoms with Crippen molar-refractivity contribution in [1.82, 2.24) is 0 Å². The fourth-order valence-corrected chi connectivity index (χ4v) is 2.23. The number of aliphatic carboxylic acids is 1. The highest BCUT2D eigenvalue weighted by molar-refractivity contribution is 5.94. The lowest BCUT2D eigenvalue weighted by Gasteiger charge is -2.21. The van der Waals surface area contributed by atoms with E-state index in [1.165, 1.54) is 13.8 Å². The van der Waals surface area contributed by atoms with Crippen LogP contribution in [0.5, 0.6) is 5.75 Å². The van der Waals surface area contributed by atoms with Crippen LogP contribution < -0.4 is 4.74 Å².